The number of ketones is 1. The Kier molecular flexibility index (Phi) is 6.21. The predicted octanol–water partition coefficient (Wildman–Crippen LogP) is 4.47. The van der Waals surface area contributed by atoms with Crippen LogP contribution >= 0.6 is 11.8 Å². The molecule has 0 aliphatic heterocycles. The lowest BCUT2D eigenvalue weighted by atomic mass is 10.0. The molecule has 0 atom stereocenters. The number of hydrogen-bond donors (Lipinski definition) is 1. The molecule has 1 N–H and O–H groups in total. The molecule has 0 heterocycles. The lowest BCUT2D eigenvalue weighted by Gasteiger charge is -2.08. The largest absolute Gasteiger partial charge is 0.325 e. The van der Waals surface area contributed by atoms with Gasteiger partial charge in [0, 0.05) is 11.3 Å². The van der Waals surface area contributed by atoms with Crippen LogP contribution in [0.15, 0.2) is 36.4 Å². The minimum absolute atomic E-state index is 0.0575. The van der Waals surface area contributed by atoms with Crippen molar-refractivity contribution in [2.24, 2.45) is 0 Å². The first-order valence-corrected chi connectivity index (χ1v) is 9.07. The van der Waals surface area contributed by atoms with Crippen LogP contribution in [0.2, 0.25) is 0 Å². The van der Waals surface area contributed by atoms with E-state index in [1.165, 1.54) is 22.9 Å². The summed E-state index contributed by atoms with van der Waals surface area (Å²) in [6.07, 6.45) is 0. The van der Waals surface area contributed by atoms with Crippen molar-refractivity contribution >= 4 is 29.1 Å². The van der Waals surface area contributed by atoms with Crippen molar-refractivity contribution in [2.45, 2.75) is 27.7 Å². The van der Waals surface area contributed by atoms with E-state index in [2.05, 4.69) is 5.32 Å². The summed E-state index contributed by atoms with van der Waals surface area (Å²) in [7, 11) is 0. The van der Waals surface area contributed by atoms with E-state index in [4.69, 9.17) is 0 Å². The average molecular weight is 341 g/mol. The molecule has 1 amide bonds. The van der Waals surface area contributed by atoms with Crippen LogP contribution in [0.25, 0.3) is 0 Å². The number of rotatable bonds is 6. The molecule has 3 nitrogen and oxygen atoms in total. The van der Waals surface area contributed by atoms with Gasteiger partial charge in [0.15, 0.2) is 5.78 Å². The van der Waals surface area contributed by atoms with Crippen molar-refractivity contribution in [2.75, 3.05) is 16.8 Å². The van der Waals surface area contributed by atoms with Crippen molar-refractivity contribution in [1.82, 2.24) is 0 Å². The first kappa shape index (κ1) is 18.3. The summed E-state index contributed by atoms with van der Waals surface area (Å²) < 4.78 is 0. The highest BCUT2D eigenvalue weighted by molar-refractivity contribution is 8.00. The molecule has 0 aromatic heterocycles. The number of aryl methyl sites for hydroxylation is 4. The van der Waals surface area contributed by atoms with Crippen LogP contribution in [-0.2, 0) is 4.79 Å². The van der Waals surface area contributed by atoms with Gasteiger partial charge in [0.2, 0.25) is 5.91 Å². The molecule has 0 saturated heterocycles. The van der Waals surface area contributed by atoms with E-state index in [-0.39, 0.29) is 17.4 Å². The number of benzene rings is 2. The smallest absolute Gasteiger partial charge is 0.234 e. The van der Waals surface area contributed by atoms with Crippen LogP contribution < -0.4 is 5.32 Å². The zero-order chi connectivity index (χ0) is 17.7. The highest BCUT2D eigenvalue weighted by Gasteiger charge is 2.09. The number of nitrogens with one attached hydrogen (secondary N) is 1. The molecule has 0 aliphatic carbocycles. The molecule has 0 aliphatic rings. The fourth-order valence-corrected chi connectivity index (χ4v) is 2.96. The predicted molar refractivity (Wildman–Crippen MR) is 102 cm³/mol. The number of hydrogen-bond acceptors (Lipinski definition) is 3. The highest BCUT2D eigenvalue weighted by atomic mass is 32.2. The molecular formula is C20H23NO2S. The second-order valence-corrected chi connectivity index (χ2v) is 7.05. The van der Waals surface area contributed by atoms with Gasteiger partial charge in [0.25, 0.3) is 0 Å². The number of amides is 1. The fourth-order valence-electron chi connectivity index (χ4n) is 2.25. The van der Waals surface area contributed by atoms with Crippen LogP contribution in [-0.4, -0.2) is 23.2 Å². The number of Topliss-reactive ketones (excluding diaryl/α,β-unsaturated/α-hetero) is 1. The first-order valence-electron chi connectivity index (χ1n) is 7.92. The third kappa shape index (κ3) is 4.96. The fraction of sp³-hybridized carbons (Fsp3) is 0.300. The van der Waals surface area contributed by atoms with Gasteiger partial charge in [-0.1, -0.05) is 18.2 Å². The molecule has 0 unspecified atom stereocenters. The summed E-state index contributed by atoms with van der Waals surface area (Å²) in [6, 6.07) is 11.6. The van der Waals surface area contributed by atoms with Gasteiger partial charge >= 0.3 is 0 Å². The highest BCUT2D eigenvalue weighted by Crippen LogP contribution is 2.16. The maximum absolute atomic E-state index is 12.2. The van der Waals surface area contributed by atoms with E-state index < -0.39 is 0 Å². The molecule has 0 saturated carbocycles. The zero-order valence-corrected chi connectivity index (χ0v) is 15.4. The Bertz CT molecular complexity index is 768. The Morgan fingerprint density at radius 1 is 0.833 bits per heavy atom. The normalized spacial score (nSPS) is 10.5. The maximum atomic E-state index is 12.2. The van der Waals surface area contributed by atoms with Gasteiger partial charge < -0.3 is 5.32 Å². The summed E-state index contributed by atoms with van der Waals surface area (Å²) >= 11 is 1.34. The van der Waals surface area contributed by atoms with E-state index >= 15 is 0 Å². The van der Waals surface area contributed by atoms with E-state index in [1.54, 1.807) is 0 Å². The third-order valence-electron chi connectivity index (χ3n) is 4.09. The SMILES string of the molecule is Cc1ccc(NC(=O)CSCC(=O)c2ccc(C)c(C)c2)cc1C. The van der Waals surface area contributed by atoms with Crippen molar-refractivity contribution in [3.63, 3.8) is 0 Å². The minimum Gasteiger partial charge on any atom is -0.325 e. The maximum Gasteiger partial charge on any atom is 0.234 e. The van der Waals surface area contributed by atoms with Crippen molar-refractivity contribution in [1.29, 1.82) is 0 Å². The Balaban J connectivity index is 1.82. The second kappa shape index (κ2) is 8.15. The second-order valence-electron chi connectivity index (χ2n) is 6.06. The van der Waals surface area contributed by atoms with Gasteiger partial charge in [-0.2, -0.15) is 0 Å². The summed E-state index contributed by atoms with van der Waals surface area (Å²) in [5.74, 6) is 0.546. The van der Waals surface area contributed by atoms with Crippen molar-refractivity contribution in [3.05, 3.63) is 64.2 Å². The van der Waals surface area contributed by atoms with Crippen LogP contribution in [0.5, 0.6) is 0 Å². The molecule has 126 valence electrons. The summed E-state index contributed by atoms with van der Waals surface area (Å²) in [5.41, 5.74) is 6.13. The van der Waals surface area contributed by atoms with E-state index in [0.717, 1.165) is 16.8 Å². The van der Waals surface area contributed by atoms with Crippen molar-refractivity contribution in [3.8, 4) is 0 Å². The van der Waals surface area contributed by atoms with Crippen LogP contribution in [0.1, 0.15) is 32.6 Å². The third-order valence-corrected chi connectivity index (χ3v) is 5.02. The number of anilines is 1. The molecule has 2 rings (SSSR count). The molecule has 24 heavy (non-hydrogen) atoms. The Labute approximate surface area is 147 Å². The summed E-state index contributed by atoms with van der Waals surface area (Å²) in [6.45, 7) is 8.07. The summed E-state index contributed by atoms with van der Waals surface area (Å²) in [5, 5.41) is 2.87. The molecule has 0 bridgehead atoms. The van der Waals surface area contributed by atoms with Gasteiger partial charge in [-0.25, -0.2) is 0 Å². The van der Waals surface area contributed by atoms with E-state index in [1.807, 2.05) is 64.1 Å². The Hall–Kier alpha value is -2.07. The standard InChI is InChI=1S/C20H23NO2S/c1-13-5-7-17(9-15(13)3)19(22)11-24-12-20(23)21-18-8-6-14(2)16(4)10-18/h5-10H,11-12H2,1-4H3,(H,21,23). The van der Waals surface area contributed by atoms with Crippen LogP contribution in [0, 0.1) is 27.7 Å². The number of thioether (sulfide) groups is 1. The lowest BCUT2D eigenvalue weighted by Crippen LogP contribution is -2.15. The van der Waals surface area contributed by atoms with E-state index in [0.29, 0.717) is 11.3 Å². The first-order chi connectivity index (χ1) is 11.4. The number of carbonyl (C=O) groups is 2. The minimum atomic E-state index is -0.0869. The Morgan fingerprint density at radius 3 is 2.08 bits per heavy atom. The average Bonchev–Trinajstić information content (AvgIpc) is 2.53. The molecule has 0 spiro atoms. The molecular weight excluding hydrogens is 318 g/mol. The number of carbonyl (C=O) groups excluding carboxylic acids is 2. The lowest BCUT2D eigenvalue weighted by molar-refractivity contribution is -0.113. The van der Waals surface area contributed by atoms with Crippen LogP contribution in [0.4, 0.5) is 5.69 Å². The molecule has 0 fully saturated rings. The molecule has 2 aromatic carbocycles. The van der Waals surface area contributed by atoms with Gasteiger partial charge in [0.1, 0.15) is 0 Å². The van der Waals surface area contributed by atoms with Gasteiger partial charge in [0.05, 0.1) is 11.5 Å². The monoisotopic (exact) mass is 341 g/mol. The zero-order valence-electron chi connectivity index (χ0n) is 14.6. The van der Waals surface area contributed by atoms with Gasteiger partial charge in [-0.05, 0) is 68.1 Å². The van der Waals surface area contributed by atoms with Crippen molar-refractivity contribution < 1.29 is 9.59 Å². The summed E-state index contributed by atoms with van der Waals surface area (Å²) in [4.78, 5) is 24.2. The van der Waals surface area contributed by atoms with Crippen LogP contribution in [0.3, 0.4) is 0 Å². The Morgan fingerprint density at radius 2 is 1.46 bits per heavy atom. The molecule has 4 heteroatoms. The molecule has 2 aromatic rings. The topological polar surface area (TPSA) is 46.2 Å². The van der Waals surface area contributed by atoms with Gasteiger partial charge in [-0.3, -0.25) is 9.59 Å². The van der Waals surface area contributed by atoms with E-state index in [9.17, 15) is 9.59 Å². The molecule has 0 radical (unpaired) electrons. The van der Waals surface area contributed by atoms with Gasteiger partial charge in [-0.15, -0.1) is 11.8 Å². The quantitative estimate of drug-likeness (QED) is 0.788.